The number of aliphatic carboxylic acids is 1. The Labute approximate surface area is 109 Å². The van der Waals surface area contributed by atoms with Crippen LogP contribution < -0.4 is 10.6 Å². The van der Waals surface area contributed by atoms with Crippen LogP contribution in [-0.4, -0.2) is 58.6 Å². The number of amides is 2. The molecule has 4 N–H and O–H groups in total. The summed E-state index contributed by atoms with van der Waals surface area (Å²) in [6.45, 7) is 0.536. The normalized spacial score (nSPS) is 11.8. The van der Waals surface area contributed by atoms with Crippen LogP contribution in [-0.2, 0) is 16.0 Å². The zero-order valence-electron chi connectivity index (χ0n) is 10.5. The molecule has 1 aromatic heterocycles. The van der Waals surface area contributed by atoms with Gasteiger partial charge in [0.05, 0.1) is 12.5 Å². The van der Waals surface area contributed by atoms with Gasteiger partial charge in [0.15, 0.2) is 0 Å². The third-order valence-corrected chi connectivity index (χ3v) is 2.34. The molecule has 0 aromatic carbocycles. The second kappa shape index (κ2) is 8.03. The molecule has 0 fully saturated rings. The zero-order valence-corrected chi connectivity index (χ0v) is 10.5. The van der Waals surface area contributed by atoms with Gasteiger partial charge in [0.2, 0.25) is 0 Å². The SMILES string of the molecule is COC(CNC(=O)NCCc1ncn[nH]1)CC(=O)O. The highest BCUT2D eigenvalue weighted by Crippen LogP contribution is 1.95. The Morgan fingerprint density at radius 2 is 2.32 bits per heavy atom. The van der Waals surface area contributed by atoms with Gasteiger partial charge < -0.3 is 20.5 Å². The number of methoxy groups -OCH3 is 1. The molecule has 106 valence electrons. The van der Waals surface area contributed by atoms with Crippen LogP contribution in [0.1, 0.15) is 12.2 Å². The summed E-state index contributed by atoms with van der Waals surface area (Å²) in [7, 11) is 1.40. The van der Waals surface area contributed by atoms with Gasteiger partial charge >= 0.3 is 12.0 Å². The van der Waals surface area contributed by atoms with E-state index in [4.69, 9.17) is 9.84 Å². The highest BCUT2D eigenvalue weighted by molar-refractivity contribution is 5.74. The zero-order chi connectivity index (χ0) is 14.1. The Bertz CT molecular complexity index is 395. The number of carboxylic acids is 1. The third kappa shape index (κ3) is 6.36. The molecule has 0 saturated heterocycles. The predicted octanol–water partition coefficient (Wildman–Crippen LogP) is -0.864. The summed E-state index contributed by atoms with van der Waals surface area (Å²) in [6, 6.07) is -0.382. The van der Waals surface area contributed by atoms with E-state index in [1.165, 1.54) is 13.4 Å². The summed E-state index contributed by atoms with van der Waals surface area (Å²) in [5, 5.41) is 20.1. The fourth-order valence-corrected chi connectivity index (χ4v) is 1.35. The lowest BCUT2D eigenvalue weighted by Gasteiger charge is -2.14. The Kier molecular flexibility index (Phi) is 6.30. The maximum atomic E-state index is 11.4. The van der Waals surface area contributed by atoms with Crippen molar-refractivity contribution in [2.24, 2.45) is 0 Å². The molecule has 19 heavy (non-hydrogen) atoms. The van der Waals surface area contributed by atoms with Crippen molar-refractivity contribution in [2.45, 2.75) is 18.9 Å². The number of rotatable bonds is 8. The molecule has 0 aliphatic heterocycles. The smallest absolute Gasteiger partial charge is 0.314 e. The first-order chi connectivity index (χ1) is 9.11. The quantitative estimate of drug-likeness (QED) is 0.486. The molecule has 1 aromatic rings. The average Bonchev–Trinajstić information content (AvgIpc) is 2.87. The van der Waals surface area contributed by atoms with Crippen LogP contribution in [0.3, 0.4) is 0 Å². The van der Waals surface area contributed by atoms with Crippen molar-refractivity contribution < 1.29 is 19.4 Å². The summed E-state index contributed by atoms with van der Waals surface area (Å²) < 4.78 is 4.93. The van der Waals surface area contributed by atoms with Gasteiger partial charge in [0.1, 0.15) is 12.2 Å². The standard InChI is InChI=1S/C10H17N5O4/c1-19-7(4-9(16)17)5-12-10(18)11-3-2-8-13-6-14-15-8/h6-7H,2-5H2,1H3,(H,16,17)(H2,11,12,18)(H,13,14,15). The molecule has 9 heteroatoms. The second-order valence-electron chi connectivity index (χ2n) is 3.77. The molecule has 0 saturated carbocycles. The Hall–Kier alpha value is -2.16. The number of aromatic amines is 1. The molecular weight excluding hydrogens is 254 g/mol. The number of hydrogen-bond donors (Lipinski definition) is 4. The predicted molar refractivity (Wildman–Crippen MR) is 64.5 cm³/mol. The van der Waals surface area contributed by atoms with E-state index in [0.29, 0.717) is 18.8 Å². The molecule has 9 nitrogen and oxygen atoms in total. The Balaban J connectivity index is 2.14. The lowest BCUT2D eigenvalue weighted by Crippen LogP contribution is -2.41. The van der Waals surface area contributed by atoms with Gasteiger partial charge in [0, 0.05) is 26.6 Å². The average molecular weight is 271 g/mol. The molecule has 0 spiro atoms. The van der Waals surface area contributed by atoms with Crippen LogP contribution in [0.2, 0.25) is 0 Å². The molecule has 0 bridgehead atoms. The van der Waals surface area contributed by atoms with E-state index in [2.05, 4.69) is 25.8 Å². The number of H-pyrrole nitrogens is 1. The molecule has 1 atom stereocenters. The van der Waals surface area contributed by atoms with Gasteiger partial charge in [-0.15, -0.1) is 0 Å². The molecule has 1 rings (SSSR count). The number of carboxylic acid groups (broad SMARTS) is 1. The van der Waals surface area contributed by atoms with E-state index in [1.54, 1.807) is 0 Å². The third-order valence-electron chi connectivity index (χ3n) is 2.34. The van der Waals surface area contributed by atoms with E-state index in [-0.39, 0.29) is 19.0 Å². The van der Waals surface area contributed by atoms with Crippen LogP contribution in [0.5, 0.6) is 0 Å². The Morgan fingerprint density at radius 3 is 2.89 bits per heavy atom. The summed E-state index contributed by atoms with van der Waals surface area (Å²) in [4.78, 5) is 25.8. The lowest BCUT2D eigenvalue weighted by molar-refractivity contribution is -0.139. The van der Waals surface area contributed by atoms with Crippen molar-refractivity contribution >= 4 is 12.0 Å². The van der Waals surface area contributed by atoms with Crippen LogP contribution in [0, 0.1) is 0 Å². The summed E-state index contributed by atoms with van der Waals surface area (Å²) in [5.74, 6) is -0.291. The topological polar surface area (TPSA) is 129 Å². The molecule has 0 aliphatic carbocycles. The van der Waals surface area contributed by atoms with Crippen molar-refractivity contribution in [3.05, 3.63) is 12.2 Å². The van der Waals surface area contributed by atoms with Gasteiger partial charge in [-0.25, -0.2) is 9.78 Å². The maximum Gasteiger partial charge on any atom is 0.314 e. The molecule has 1 unspecified atom stereocenters. The van der Waals surface area contributed by atoms with Crippen LogP contribution in [0.15, 0.2) is 6.33 Å². The van der Waals surface area contributed by atoms with Gasteiger partial charge in [-0.05, 0) is 0 Å². The number of urea groups is 1. The van der Waals surface area contributed by atoms with Crippen molar-refractivity contribution in [2.75, 3.05) is 20.2 Å². The first-order valence-corrected chi connectivity index (χ1v) is 5.72. The second-order valence-corrected chi connectivity index (χ2v) is 3.77. The summed E-state index contributed by atoms with van der Waals surface area (Å²) in [5.41, 5.74) is 0. The minimum Gasteiger partial charge on any atom is -0.481 e. The maximum absolute atomic E-state index is 11.4. The monoisotopic (exact) mass is 271 g/mol. The summed E-state index contributed by atoms with van der Waals surface area (Å²) in [6.07, 6.45) is 1.23. The molecule has 1 heterocycles. The molecule has 2 amide bonds. The van der Waals surface area contributed by atoms with Crippen molar-refractivity contribution in [3.8, 4) is 0 Å². The van der Waals surface area contributed by atoms with Crippen LogP contribution >= 0.6 is 0 Å². The van der Waals surface area contributed by atoms with E-state index < -0.39 is 12.1 Å². The van der Waals surface area contributed by atoms with E-state index >= 15 is 0 Å². The minimum absolute atomic E-state index is 0.136. The van der Waals surface area contributed by atoms with E-state index in [9.17, 15) is 9.59 Å². The minimum atomic E-state index is -0.973. The number of nitrogens with one attached hydrogen (secondary N) is 3. The largest absolute Gasteiger partial charge is 0.481 e. The summed E-state index contributed by atoms with van der Waals surface area (Å²) >= 11 is 0. The molecular formula is C10H17N5O4. The van der Waals surface area contributed by atoms with Crippen LogP contribution in [0.25, 0.3) is 0 Å². The highest BCUT2D eigenvalue weighted by Gasteiger charge is 2.13. The number of hydrogen-bond acceptors (Lipinski definition) is 5. The number of aromatic nitrogens is 3. The molecule has 0 radical (unpaired) electrons. The fraction of sp³-hybridized carbons (Fsp3) is 0.600. The van der Waals surface area contributed by atoms with E-state index in [1.807, 2.05) is 0 Å². The number of carbonyl (C=O) groups is 2. The van der Waals surface area contributed by atoms with Gasteiger partial charge in [-0.1, -0.05) is 0 Å². The van der Waals surface area contributed by atoms with Gasteiger partial charge in [-0.3, -0.25) is 9.89 Å². The molecule has 0 aliphatic rings. The van der Waals surface area contributed by atoms with Crippen molar-refractivity contribution in [1.29, 1.82) is 0 Å². The lowest BCUT2D eigenvalue weighted by atomic mass is 10.2. The highest BCUT2D eigenvalue weighted by atomic mass is 16.5. The Morgan fingerprint density at radius 1 is 1.53 bits per heavy atom. The van der Waals surface area contributed by atoms with Gasteiger partial charge in [-0.2, -0.15) is 5.10 Å². The first kappa shape index (κ1) is 14.9. The number of carbonyl (C=O) groups excluding carboxylic acids is 1. The van der Waals surface area contributed by atoms with E-state index in [0.717, 1.165) is 0 Å². The fourth-order valence-electron chi connectivity index (χ4n) is 1.35. The van der Waals surface area contributed by atoms with Crippen LogP contribution in [0.4, 0.5) is 4.79 Å². The first-order valence-electron chi connectivity index (χ1n) is 5.72. The van der Waals surface area contributed by atoms with Crippen molar-refractivity contribution in [1.82, 2.24) is 25.8 Å². The number of nitrogens with zero attached hydrogens (tertiary/aromatic N) is 2. The van der Waals surface area contributed by atoms with Crippen molar-refractivity contribution in [3.63, 3.8) is 0 Å². The van der Waals surface area contributed by atoms with Gasteiger partial charge in [0.25, 0.3) is 0 Å². The number of ether oxygens (including phenoxy) is 1.